The number of carbonyl (C=O) groups excluding carboxylic acids is 2. The van der Waals surface area contributed by atoms with E-state index in [1.54, 1.807) is 11.0 Å². The van der Waals surface area contributed by atoms with Gasteiger partial charge in [0.25, 0.3) is 0 Å². The lowest BCUT2D eigenvalue weighted by Gasteiger charge is -2.32. The summed E-state index contributed by atoms with van der Waals surface area (Å²) in [5, 5.41) is 14.1. The summed E-state index contributed by atoms with van der Waals surface area (Å²) in [5.41, 5.74) is 1.85. The topological polar surface area (TPSA) is 76.9 Å². The molecule has 0 bridgehead atoms. The Morgan fingerprint density at radius 3 is 2.28 bits per heavy atom. The molecular formula is C19H25N3O3. The lowest BCUT2D eigenvalue weighted by molar-refractivity contribution is -0.880. The Morgan fingerprint density at radius 1 is 1.08 bits per heavy atom. The van der Waals surface area contributed by atoms with Crippen LogP contribution in [-0.4, -0.2) is 45.1 Å². The summed E-state index contributed by atoms with van der Waals surface area (Å²) in [7, 11) is 2.20. The number of nitrogens with one attached hydrogen (secondary N) is 2. The van der Waals surface area contributed by atoms with Gasteiger partial charge in [-0.3, -0.25) is 4.79 Å². The van der Waals surface area contributed by atoms with Crippen molar-refractivity contribution in [2.75, 3.05) is 43.4 Å². The lowest BCUT2D eigenvalue weighted by atomic mass is 9.82. The molecule has 2 aliphatic rings. The second kappa shape index (κ2) is 7.70. The predicted molar refractivity (Wildman–Crippen MR) is 94.3 cm³/mol. The van der Waals surface area contributed by atoms with Gasteiger partial charge in [-0.25, -0.2) is 0 Å². The molecule has 1 aliphatic heterocycles. The Kier molecular flexibility index (Phi) is 5.38. The van der Waals surface area contributed by atoms with Gasteiger partial charge < -0.3 is 25.0 Å². The number of amides is 1. The summed E-state index contributed by atoms with van der Waals surface area (Å²) in [6.45, 7) is 4.30. The number of hydrogen-bond donors (Lipinski definition) is 2. The average Bonchev–Trinajstić information content (AvgIpc) is 2.63. The molecule has 1 heterocycles. The first-order valence-electron chi connectivity index (χ1n) is 8.87. The van der Waals surface area contributed by atoms with Gasteiger partial charge in [-0.1, -0.05) is 12.2 Å². The van der Waals surface area contributed by atoms with Crippen molar-refractivity contribution in [1.29, 1.82) is 0 Å². The highest BCUT2D eigenvalue weighted by Crippen LogP contribution is 2.27. The highest BCUT2D eigenvalue weighted by molar-refractivity contribution is 5.95. The Balaban J connectivity index is 1.62. The fourth-order valence-corrected chi connectivity index (χ4v) is 3.50. The van der Waals surface area contributed by atoms with Gasteiger partial charge in [0.05, 0.1) is 39.1 Å². The zero-order valence-electron chi connectivity index (χ0n) is 14.5. The van der Waals surface area contributed by atoms with Gasteiger partial charge in [0.2, 0.25) is 5.91 Å². The van der Waals surface area contributed by atoms with Crippen molar-refractivity contribution in [1.82, 2.24) is 0 Å². The van der Waals surface area contributed by atoms with Crippen molar-refractivity contribution >= 4 is 23.3 Å². The number of aliphatic carboxylic acids is 1. The minimum atomic E-state index is -1.16. The fourth-order valence-electron chi connectivity index (χ4n) is 3.50. The number of benzene rings is 1. The number of carboxylic acid groups (broad SMARTS) is 1. The van der Waals surface area contributed by atoms with E-state index in [4.69, 9.17) is 0 Å². The van der Waals surface area contributed by atoms with Crippen LogP contribution < -0.4 is 20.2 Å². The molecule has 25 heavy (non-hydrogen) atoms. The van der Waals surface area contributed by atoms with E-state index in [2.05, 4.69) is 17.3 Å². The van der Waals surface area contributed by atoms with E-state index in [1.165, 1.54) is 0 Å². The highest BCUT2D eigenvalue weighted by atomic mass is 16.4. The van der Waals surface area contributed by atoms with Crippen molar-refractivity contribution in [2.24, 2.45) is 11.8 Å². The number of carboxylic acids is 1. The van der Waals surface area contributed by atoms with Crippen LogP contribution in [0.5, 0.6) is 0 Å². The third kappa shape index (κ3) is 4.20. The molecular weight excluding hydrogens is 318 g/mol. The number of rotatable bonds is 4. The van der Waals surface area contributed by atoms with Crippen molar-refractivity contribution in [3.63, 3.8) is 0 Å². The van der Waals surface area contributed by atoms with Crippen molar-refractivity contribution < 1.29 is 19.6 Å². The average molecular weight is 343 g/mol. The maximum atomic E-state index is 12.5. The molecule has 1 saturated heterocycles. The predicted octanol–water partition coefficient (Wildman–Crippen LogP) is -0.708. The number of likely N-dealkylation sites (N-methyl/N-ethyl adjacent to an activating group) is 1. The summed E-state index contributed by atoms with van der Waals surface area (Å²) < 4.78 is 0. The lowest BCUT2D eigenvalue weighted by Crippen LogP contribution is -3.12. The molecule has 3 rings (SSSR count). The van der Waals surface area contributed by atoms with Crippen LogP contribution >= 0.6 is 0 Å². The first-order valence-corrected chi connectivity index (χ1v) is 8.87. The van der Waals surface area contributed by atoms with E-state index < -0.39 is 17.8 Å². The molecule has 0 saturated carbocycles. The number of nitrogens with zero attached hydrogens (tertiary/aromatic N) is 1. The minimum absolute atomic E-state index is 0.255. The molecule has 0 radical (unpaired) electrons. The van der Waals surface area contributed by atoms with Crippen LogP contribution in [0.4, 0.5) is 11.4 Å². The van der Waals surface area contributed by atoms with Crippen LogP contribution in [0.1, 0.15) is 12.8 Å². The zero-order valence-corrected chi connectivity index (χ0v) is 14.5. The third-order valence-corrected chi connectivity index (χ3v) is 5.19. The van der Waals surface area contributed by atoms with E-state index in [1.807, 2.05) is 30.3 Å². The van der Waals surface area contributed by atoms with Crippen LogP contribution in [0.15, 0.2) is 36.4 Å². The standard InChI is InChI=1S/C19H25N3O3/c1-21-10-12-22(13-11-21)15-8-6-14(7-9-15)20-18(23)16-4-2-3-5-17(16)19(24)25/h2-3,6-9,16-17H,4-5,10-13H2,1H3,(H,20,23)(H,24,25)/t16-,17+/m1/s1. The molecule has 0 spiro atoms. The molecule has 0 unspecified atom stereocenters. The van der Waals surface area contributed by atoms with Crippen molar-refractivity contribution in [2.45, 2.75) is 12.8 Å². The molecule has 2 N–H and O–H groups in total. The summed E-state index contributed by atoms with van der Waals surface area (Å²) in [4.78, 5) is 27.6. The maximum Gasteiger partial charge on any atom is 0.228 e. The Bertz CT molecular complexity index is 648. The van der Waals surface area contributed by atoms with E-state index in [-0.39, 0.29) is 5.91 Å². The molecule has 6 nitrogen and oxygen atoms in total. The number of carbonyl (C=O) groups is 2. The second-order valence-electron chi connectivity index (χ2n) is 6.96. The third-order valence-electron chi connectivity index (χ3n) is 5.19. The van der Waals surface area contributed by atoms with Gasteiger partial charge in [0.15, 0.2) is 0 Å². The van der Waals surface area contributed by atoms with Gasteiger partial charge in [0, 0.05) is 23.3 Å². The second-order valence-corrected chi connectivity index (χ2v) is 6.96. The summed E-state index contributed by atoms with van der Waals surface area (Å²) in [6.07, 6.45) is 4.45. The van der Waals surface area contributed by atoms with Crippen molar-refractivity contribution in [3.05, 3.63) is 36.4 Å². The minimum Gasteiger partial charge on any atom is -0.550 e. The molecule has 134 valence electrons. The Morgan fingerprint density at radius 2 is 1.68 bits per heavy atom. The highest BCUT2D eigenvalue weighted by Gasteiger charge is 2.29. The molecule has 2 atom stereocenters. The van der Waals surface area contributed by atoms with Crippen LogP contribution in [0.25, 0.3) is 0 Å². The molecule has 6 heteroatoms. The van der Waals surface area contributed by atoms with Crippen LogP contribution in [-0.2, 0) is 9.59 Å². The molecule has 0 aromatic heterocycles. The van der Waals surface area contributed by atoms with Crippen LogP contribution in [0, 0.1) is 11.8 Å². The molecule has 1 aromatic carbocycles. The maximum absolute atomic E-state index is 12.5. The van der Waals surface area contributed by atoms with Gasteiger partial charge in [-0.05, 0) is 37.1 Å². The van der Waals surface area contributed by atoms with Gasteiger partial charge >= 0.3 is 0 Å². The van der Waals surface area contributed by atoms with E-state index in [0.717, 1.165) is 31.9 Å². The van der Waals surface area contributed by atoms with Crippen LogP contribution in [0.3, 0.4) is 0 Å². The summed E-state index contributed by atoms with van der Waals surface area (Å²) in [5.74, 6) is -2.74. The van der Waals surface area contributed by atoms with Gasteiger partial charge in [-0.15, -0.1) is 0 Å². The smallest absolute Gasteiger partial charge is 0.228 e. The number of allylic oxidation sites excluding steroid dienone is 2. The monoisotopic (exact) mass is 343 g/mol. The first kappa shape index (κ1) is 17.5. The number of hydrogen-bond acceptors (Lipinski definition) is 4. The van der Waals surface area contributed by atoms with Gasteiger partial charge in [-0.2, -0.15) is 0 Å². The quantitative estimate of drug-likeness (QED) is 0.709. The fraction of sp³-hybridized carbons (Fsp3) is 0.474. The van der Waals surface area contributed by atoms with E-state index in [9.17, 15) is 14.7 Å². The molecule has 1 amide bonds. The van der Waals surface area contributed by atoms with E-state index >= 15 is 0 Å². The summed E-state index contributed by atoms with van der Waals surface area (Å²) >= 11 is 0. The van der Waals surface area contributed by atoms with Crippen molar-refractivity contribution in [3.8, 4) is 0 Å². The molecule has 1 fully saturated rings. The molecule has 1 aliphatic carbocycles. The molecule has 1 aromatic rings. The number of quaternary nitrogens is 1. The first-order chi connectivity index (χ1) is 12.0. The zero-order chi connectivity index (χ0) is 17.8. The van der Waals surface area contributed by atoms with Gasteiger partial charge in [0.1, 0.15) is 0 Å². The number of piperazine rings is 1. The SMILES string of the molecule is C[NH+]1CCN(c2ccc(NC(=O)[C@@H]3CC=CC[C@@H]3C(=O)[O-])cc2)CC1. The normalized spacial score (nSPS) is 24.1. The summed E-state index contributed by atoms with van der Waals surface area (Å²) in [6, 6.07) is 7.77. The number of anilines is 2. The van der Waals surface area contributed by atoms with Crippen LogP contribution in [0.2, 0.25) is 0 Å². The largest absolute Gasteiger partial charge is 0.550 e. The Hall–Kier alpha value is -2.34. The Labute approximate surface area is 148 Å². The van der Waals surface area contributed by atoms with E-state index in [0.29, 0.717) is 18.5 Å².